The van der Waals surface area contributed by atoms with Gasteiger partial charge >= 0.3 is 0 Å². The second kappa shape index (κ2) is 9.45. The number of amides is 1. The van der Waals surface area contributed by atoms with Gasteiger partial charge in [0.15, 0.2) is 5.03 Å². The normalized spacial score (nSPS) is 15.3. The number of nitrogens with one attached hydrogen (secondary N) is 1. The Bertz CT molecular complexity index is 956. The van der Waals surface area contributed by atoms with Gasteiger partial charge in [0.05, 0.1) is 5.25 Å². The molecular formula is C22H24N5OS+. The number of anilines is 1. The van der Waals surface area contributed by atoms with E-state index in [1.54, 1.807) is 0 Å². The Morgan fingerprint density at radius 1 is 1.24 bits per heavy atom. The van der Waals surface area contributed by atoms with Crippen molar-refractivity contribution in [2.45, 2.75) is 36.5 Å². The lowest BCUT2D eigenvalue weighted by molar-refractivity contribution is -0.410. The molecule has 1 fully saturated rings. The highest BCUT2D eigenvalue weighted by Gasteiger charge is 2.28. The van der Waals surface area contributed by atoms with Gasteiger partial charge in [-0.25, -0.2) is 4.98 Å². The highest BCUT2D eigenvalue weighted by Crippen LogP contribution is 2.28. The quantitative estimate of drug-likeness (QED) is 0.768. The highest BCUT2D eigenvalue weighted by atomic mass is 32.2. The molecule has 3 N–H and O–H groups in total. The van der Waals surface area contributed by atoms with Gasteiger partial charge in [-0.2, -0.15) is 10.5 Å². The first-order chi connectivity index (χ1) is 14.0. The molecule has 2 aromatic rings. The number of hydrogen-bond acceptors (Lipinski definition) is 5. The molecule has 2 heterocycles. The highest BCUT2D eigenvalue weighted by molar-refractivity contribution is 8.00. The largest absolute Gasteiger partial charge is 0.342 e. The number of thioether (sulfide) groups is 1. The molecule has 29 heavy (non-hydrogen) atoms. The summed E-state index contributed by atoms with van der Waals surface area (Å²) in [6, 6.07) is 15.9. The number of piperidine rings is 1. The number of nitrogens with zero attached hydrogens (tertiary/aromatic N) is 3. The number of benzene rings is 1. The molecule has 1 amide bonds. The number of nitrogens with two attached hydrogens (primary N) is 1. The lowest BCUT2D eigenvalue weighted by atomic mass is 9.90. The van der Waals surface area contributed by atoms with Gasteiger partial charge in [-0.15, -0.1) is 0 Å². The van der Waals surface area contributed by atoms with Gasteiger partial charge in [-0.05, 0) is 43.7 Å². The molecule has 7 heteroatoms. The van der Waals surface area contributed by atoms with Crippen LogP contribution in [-0.4, -0.2) is 29.1 Å². The molecular weight excluding hydrogens is 382 g/mol. The maximum absolute atomic E-state index is 12.9. The number of hydrogen-bond donors (Lipinski definition) is 1. The van der Waals surface area contributed by atoms with Crippen molar-refractivity contribution in [2.75, 3.05) is 18.8 Å². The monoisotopic (exact) mass is 406 g/mol. The van der Waals surface area contributed by atoms with E-state index in [1.165, 1.54) is 23.4 Å². The molecule has 1 aromatic heterocycles. The van der Waals surface area contributed by atoms with Gasteiger partial charge < -0.3 is 4.90 Å². The first-order valence-electron chi connectivity index (χ1n) is 9.67. The van der Waals surface area contributed by atoms with Crippen molar-refractivity contribution in [3.63, 3.8) is 0 Å². The predicted molar refractivity (Wildman–Crippen MR) is 112 cm³/mol. The Morgan fingerprint density at radius 2 is 1.90 bits per heavy atom. The van der Waals surface area contributed by atoms with Crippen LogP contribution in [0.5, 0.6) is 0 Å². The minimum absolute atomic E-state index is 0.0633. The molecule has 6 nitrogen and oxygen atoms in total. The van der Waals surface area contributed by atoms with E-state index in [4.69, 9.17) is 11.0 Å². The standard InChI is InChI=1S/C22H23N5OS/c1-15(29-21-19(14-24)12-18(13-23)20(25)26-21)22(28)27-9-7-17(8-10-27)11-16-5-3-2-4-6-16/h2-6,12,15,17H,7-11H2,1H3,(H2,25,26)/p+1/t15-/m0/s1. The Labute approximate surface area is 175 Å². The first-order valence-corrected chi connectivity index (χ1v) is 10.5. The third kappa shape index (κ3) is 5.07. The third-order valence-corrected chi connectivity index (χ3v) is 6.36. The van der Waals surface area contributed by atoms with Gasteiger partial charge in [0, 0.05) is 13.1 Å². The van der Waals surface area contributed by atoms with Crippen molar-refractivity contribution in [3.05, 3.63) is 53.1 Å². The molecule has 0 bridgehead atoms. The summed E-state index contributed by atoms with van der Waals surface area (Å²) in [6.45, 7) is 3.35. The Kier molecular flexibility index (Phi) is 6.74. The molecule has 1 aliphatic rings. The second-order valence-electron chi connectivity index (χ2n) is 7.28. The lowest BCUT2D eigenvalue weighted by Gasteiger charge is -2.33. The number of nitrogen functional groups attached to an aromatic ring is 1. The van der Waals surface area contributed by atoms with E-state index in [9.17, 15) is 10.1 Å². The van der Waals surface area contributed by atoms with E-state index in [1.807, 2.05) is 24.0 Å². The van der Waals surface area contributed by atoms with Crippen molar-refractivity contribution >= 4 is 23.5 Å². The van der Waals surface area contributed by atoms with Crippen LogP contribution in [0.1, 0.15) is 36.5 Å². The molecule has 148 valence electrons. The van der Waals surface area contributed by atoms with E-state index in [0.29, 0.717) is 16.5 Å². The van der Waals surface area contributed by atoms with Gasteiger partial charge in [0.2, 0.25) is 5.91 Å². The summed E-state index contributed by atoms with van der Waals surface area (Å²) in [7, 11) is 0. The molecule has 1 atom stereocenters. The number of nitriles is 2. The lowest BCUT2D eigenvalue weighted by Crippen LogP contribution is -2.42. The zero-order chi connectivity index (χ0) is 20.8. The zero-order valence-electron chi connectivity index (χ0n) is 16.4. The third-order valence-electron chi connectivity index (χ3n) is 5.25. The van der Waals surface area contributed by atoms with Crippen LogP contribution in [0.3, 0.4) is 0 Å². The molecule has 1 aliphatic heterocycles. The van der Waals surface area contributed by atoms with Crippen LogP contribution in [-0.2, 0) is 11.2 Å². The fraction of sp³-hybridized carbons (Fsp3) is 0.364. The molecule has 0 aliphatic carbocycles. The van der Waals surface area contributed by atoms with Crippen molar-refractivity contribution in [3.8, 4) is 12.1 Å². The van der Waals surface area contributed by atoms with Crippen LogP contribution >= 0.6 is 11.8 Å². The van der Waals surface area contributed by atoms with E-state index in [2.05, 4.69) is 35.3 Å². The smallest absolute Gasteiger partial charge is 0.289 e. The number of aromatic nitrogens is 1. The number of carbonyl (C=O) groups excluding carboxylic acids is 1. The van der Waals surface area contributed by atoms with Gasteiger partial charge in [0.1, 0.15) is 23.3 Å². The Balaban J connectivity index is 1.58. The SMILES string of the molecule is C[C@H](Sc1[nH+]c(N)c(C#N)cc1C#N)C(=O)N1CCC(Cc2ccccc2)CC1. The predicted octanol–water partition coefficient (Wildman–Crippen LogP) is 2.79. The Hall–Kier alpha value is -3.03. The summed E-state index contributed by atoms with van der Waals surface area (Å²) < 4.78 is 0. The van der Waals surface area contributed by atoms with Gasteiger partial charge in [-0.1, -0.05) is 42.1 Å². The molecule has 3 rings (SSSR count). The summed E-state index contributed by atoms with van der Waals surface area (Å²) in [4.78, 5) is 17.7. The van der Waals surface area contributed by atoms with Crippen LogP contribution in [0.25, 0.3) is 0 Å². The Morgan fingerprint density at radius 3 is 2.52 bits per heavy atom. The summed E-state index contributed by atoms with van der Waals surface area (Å²) >= 11 is 1.27. The average Bonchev–Trinajstić information content (AvgIpc) is 2.74. The first kappa shape index (κ1) is 20.7. The van der Waals surface area contributed by atoms with E-state index < -0.39 is 0 Å². The van der Waals surface area contributed by atoms with Crippen LogP contribution in [0.15, 0.2) is 41.4 Å². The van der Waals surface area contributed by atoms with E-state index >= 15 is 0 Å². The van der Waals surface area contributed by atoms with Crippen molar-refractivity contribution in [2.24, 2.45) is 5.92 Å². The van der Waals surface area contributed by atoms with Gasteiger partial charge in [-0.3, -0.25) is 10.5 Å². The van der Waals surface area contributed by atoms with Gasteiger partial charge in [0.25, 0.3) is 5.82 Å². The van der Waals surface area contributed by atoms with E-state index in [0.717, 1.165) is 32.4 Å². The number of pyridine rings is 1. The number of carbonyl (C=O) groups is 1. The molecule has 0 unspecified atom stereocenters. The van der Waals surface area contributed by atoms with Crippen molar-refractivity contribution in [1.29, 1.82) is 10.5 Å². The number of aromatic amines is 1. The maximum Gasteiger partial charge on any atom is 0.289 e. The molecule has 0 spiro atoms. The fourth-order valence-corrected chi connectivity index (χ4v) is 4.61. The molecule has 0 radical (unpaired) electrons. The van der Waals surface area contributed by atoms with Crippen molar-refractivity contribution < 1.29 is 9.78 Å². The zero-order valence-corrected chi connectivity index (χ0v) is 17.2. The average molecular weight is 407 g/mol. The van der Waals surface area contributed by atoms with E-state index in [-0.39, 0.29) is 22.5 Å². The number of rotatable bonds is 5. The maximum atomic E-state index is 12.9. The number of H-pyrrole nitrogens is 1. The number of likely N-dealkylation sites (tertiary alicyclic amines) is 1. The second-order valence-corrected chi connectivity index (χ2v) is 8.63. The van der Waals surface area contributed by atoms with Crippen LogP contribution < -0.4 is 10.7 Å². The van der Waals surface area contributed by atoms with Crippen LogP contribution in [0.4, 0.5) is 5.82 Å². The van der Waals surface area contributed by atoms with Crippen LogP contribution in [0.2, 0.25) is 0 Å². The molecule has 0 saturated carbocycles. The fourth-order valence-electron chi connectivity index (χ4n) is 3.60. The molecule has 1 aromatic carbocycles. The summed E-state index contributed by atoms with van der Waals surface area (Å²) in [5, 5.41) is 18.6. The van der Waals surface area contributed by atoms with Crippen molar-refractivity contribution in [1.82, 2.24) is 4.90 Å². The topological polar surface area (TPSA) is 108 Å². The van der Waals surface area contributed by atoms with Crippen LogP contribution in [0, 0.1) is 28.6 Å². The summed E-state index contributed by atoms with van der Waals surface area (Å²) in [5.41, 5.74) is 7.73. The minimum Gasteiger partial charge on any atom is -0.342 e. The summed E-state index contributed by atoms with van der Waals surface area (Å²) in [5.74, 6) is 0.866. The molecule has 1 saturated heterocycles. The minimum atomic E-state index is -0.351. The summed E-state index contributed by atoms with van der Waals surface area (Å²) in [6.07, 6.45) is 3.05.